The fourth-order valence-electron chi connectivity index (χ4n) is 1.52. The van der Waals surface area contributed by atoms with Crippen LogP contribution in [0.4, 0.5) is 0 Å². The Bertz CT molecular complexity index is 384. The van der Waals surface area contributed by atoms with E-state index in [1.807, 2.05) is 30.3 Å². The Labute approximate surface area is 90.9 Å². The second-order valence-corrected chi connectivity index (χ2v) is 5.31. The number of hydrogen-bond acceptors (Lipinski definition) is 2. The van der Waals surface area contributed by atoms with E-state index in [1.54, 1.807) is 0 Å². The maximum atomic E-state index is 10.5. The molecule has 1 aromatic rings. The average molecular weight is 228 g/mol. The van der Waals surface area contributed by atoms with Crippen LogP contribution in [0.2, 0.25) is 0 Å². The molecule has 84 valence electrons. The van der Waals surface area contributed by atoms with Gasteiger partial charge in [0.2, 0.25) is 0 Å². The monoisotopic (exact) mass is 228 g/mol. The van der Waals surface area contributed by atoms with E-state index in [0.717, 1.165) is 6.42 Å². The molecule has 1 aromatic carbocycles. The van der Waals surface area contributed by atoms with Gasteiger partial charge in [-0.15, -0.1) is 0 Å². The Hall–Kier alpha value is -0.870. The van der Waals surface area contributed by atoms with Crippen molar-refractivity contribution in [2.75, 3.05) is 5.75 Å². The van der Waals surface area contributed by atoms with Gasteiger partial charge in [-0.2, -0.15) is 8.42 Å². The molecule has 4 heteroatoms. The third kappa shape index (κ3) is 4.95. The first-order valence-corrected chi connectivity index (χ1v) is 6.60. The van der Waals surface area contributed by atoms with Crippen LogP contribution in [0.25, 0.3) is 0 Å². The zero-order valence-corrected chi connectivity index (χ0v) is 9.57. The minimum Gasteiger partial charge on any atom is -0.286 e. The normalized spacial score (nSPS) is 13.7. The Kier molecular flexibility index (Phi) is 4.29. The smallest absolute Gasteiger partial charge is 0.264 e. The molecule has 0 radical (unpaired) electrons. The quantitative estimate of drug-likeness (QED) is 0.788. The van der Waals surface area contributed by atoms with Gasteiger partial charge in [0, 0.05) is 0 Å². The second kappa shape index (κ2) is 5.28. The topological polar surface area (TPSA) is 54.4 Å². The van der Waals surface area contributed by atoms with E-state index in [2.05, 4.69) is 6.92 Å². The van der Waals surface area contributed by atoms with Gasteiger partial charge in [-0.1, -0.05) is 37.3 Å². The van der Waals surface area contributed by atoms with Crippen molar-refractivity contribution in [2.45, 2.75) is 25.7 Å². The van der Waals surface area contributed by atoms with Crippen molar-refractivity contribution in [3.8, 4) is 0 Å². The average Bonchev–Trinajstić information content (AvgIpc) is 2.17. The minimum atomic E-state index is -3.80. The highest BCUT2D eigenvalue weighted by atomic mass is 32.2. The Morgan fingerprint density at radius 1 is 1.27 bits per heavy atom. The van der Waals surface area contributed by atoms with Crippen LogP contribution in [-0.4, -0.2) is 18.7 Å². The lowest BCUT2D eigenvalue weighted by molar-refractivity contribution is 0.478. The first kappa shape index (κ1) is 12.2. The van der Waals surface area contributed by atoms with Crippen LogP contribution in [0.15, 0.2) is 30.3 Å². The van der Waals surface area contributed by atoms with Gasteiger partial charge in [-0.05, 0) is 24.3 Å². The maximum absolute atomic E-state index is 10.5. The molecule has 0 aliphatic heterocycles. The molecule has 15 heavy (non-hydrogen) atoms. The molecule has 1 unspecified atom stereocenters. The highest BCUT2D eigenvalue weighted by molar-refractivity contribution is 7.85. The summed E-state index contributed by atoms with van der Waals surface area (Å²) in [5.74, 6) is 0.178. The lowest BCUT2D eigenvalue weighted by Crippen LogP contribution is -2.05. The third-order valence-electron chi connectivity index (χ3n) is 2.41. The lowest BCUT2D eigenvalue weighted by Gasteiger charge is -2.10. The van der Waals surface area contributed by atoms with Crippen LogP contribution in [-0.2, 0) is 10.1 Å². The fraction of sp³-hybridized carbons (Fsp3) is 0.455. The number of rotatable bonds is 5. The molecule has 0 aliphatic carbocycles. The van der Waals surface area contributed by atoms with Crippen molar-refractivity contribution < 1.29 is 13.0 Å². The summed E-state index contributed by atoms with van der Waals surface area (Å²) in [5, 5.41) is 0. The molecule has 0 spiro atoms. The molecule has 0 amide bonds. The molecule has 0 saturated carbocycles. The molecule has 1 rings (SSSR count). The van der Waals surface area contributed by atoms with Gasteiger partial charge in [0.05, 0.1) is 5.75 Å². The molecule has 1 atom stereocenters. The molecule has 1 N–H and O–H groups in total. The Balaban J connectivity index is 2.41. The van der Waals surface area contributed by atoms with Gasteiger partial charge in [-0.3, -0.25) is 4.55 Å². The zero-order chi connectivity index (χ0) is 11.3. The zero-order valence-electron chi connectivity index (χ0n) is 8.76. The van der Waals surface area contributed by atoms with E-state index in [4.69, 9.17) is 4.55 Å². The van der Waals surface area contributed by atoms with Crippen LogP contribution < -0.4 is 0 Å². The van der Waals surface area contributed by atoms with Gasteiger partial charge in [0.15, 0.2) is 0 Å². The molecule has 0 aromatic heterocycles. The molecule has 0 bridgehead atoms. The van der Waals surface area contributed by atoms with Crippen molar-refractivity contribution in [2.24, 2.45) is 0 Å². The molecular weight excluding hydrogens is 212 g/mol. The van der Waals surface area contributed by atoms with Gasteiger partial charge in [0.1, 0.15) is 0 Å². The first-order valence-electron chi connectivity index (χ1n) is 4.99. The maximum Gasteiger partial charge on any atom is 0.264 e. The van der Waals surface area contributed by atoms with E-state index in [-0.39, 0.29) is 5.75 Å². The van der Waals surface area contributed by atoms with Gasteiger partial charge in [0.25, 0.3) is 10.1 Å². The molecule has 0 heterocycles. The highest BCUT2D eigenvalue weighted by Gasteiger charge is 2.08. The van der Waals surface area contributed by atoms with Crippen LogP contribution in [0.1, 0.15) is 31.2 Å². The Morgan fingerprint density at radius 3 is 2.40 bits per heavy atom. The summed E-state index contributed by atoms with van der Waals surface area (Å²) in [6.07, 6.45) is 1.26. The van der Waals surface area contributed by atoms with E-state index in [0.29, 0.717) is 12.3 Å². The van der Waals surface area contributed by atoms with Crippen molar-refractivity contribution in [3.05, 3.63) is 35.9 Å². The van der Waals surface area contributed by atoms with Crippen LogP contribution >= 0.6 is 0 Å². The summed E-state index contributed by atoms with van der Waals surface area (Å²) in [7, 11) is -3.80. The standard InChI is InChI=1S/C11H16O3S/c1-10(6-5-9-15(12,13)14)11-7-3-2-4-8-11/h2-4,7-8,10H,5-6,9H2,1H3,(H,12,13,14). The van der Waals surface area contributed by atoms with Gasteiger partial charge < -0.3 is 0 Å². The largest absolute Gasteiger partial charge is 0.286 e. The van der Waals surface area contributed by atoms with Gasteiger partial charge in [-0.25, -0.2) is 0 Å². The van der Waals surface area contributed by atoms with Crippen molar-refractivity contribution in [3.63, 3.8) is 0 Å². The molecule has 0 aliphatic rings. The highest BCUT2D eigenvalue weighted by Crippen LogP contribution is 2.20. The molecule has 0 saturated heterocycles. The van der Waals surface area contributed by atoms with Crippen LogP contribution in [0.3, 0.4) is 0 Å². The molecular formula is C11H16O3S. The lowest BCUT2D eigenvalue weighted by atomic mass is 9.97. The predicted molar refractivity (Wildman–Crippen MR) is 60.5 cm³/mol. The summed E-state index contributed by atoms with van der Waals surface area (Å²) in [4.78, 5) is 0. The van der Waals surface area contributed by atoms with E-state index >= 15 is 0 Å². The number of hydrogen-bond donors (Lipinski definition) is 1. The fourth-order valence-corrected chi connectivity index (χ4v) is 2.05. The van der Waals surface area contributed by atoms with Crippen molar-refractivity contribution in [1.29, 1.82) is 0 Å². The van der Waals surface area contributed by atoms with E-state index in [1.165, 1.54) is 5.56 Å². The van der Waals surface area contributed by atoms with Crippen LogP contribution in [0, 0.1) is 0 Å². The predicted octanol–water partition coefficient (Wildman–Crippen LogP) is 2.46. The summed E-state index contributed by atoms with van der Waals surface area (Å²) in [6, 6.07) is 9.94. The summed E-state index contributed by atoms with van der Waals surface area (Å²) in [6.45, 7) is 2.05. The molecule has 3 nitrogen and oxygen atoms in total. The second-order valence-electron chi connectivity index (χ2n) is 3.74. The van der Waals surface area contributed by atoms with Crippen LogP contribution in [0.5, 0.6) is 0 Å². The van der Waals surface area contributed by atoms with E-state index in [9.17, 15) is 8.42 Å². The van der Waals surface area contributed by atoms with Crippen molar-refractivity contribution >= 4 is 10.1 Å². The summed E-state index contributed by atoms with van der Waals surface area (Å²) < 4.78 is 29.6. The first-order chi connectivity index (χ1) is 6.99. The summed E-state index contributed by atoms with van der Waals surface area (Å²) >= 11 is 0. The van der Waals surface area contributed by atoms with Crippen molar-refractivity contribution in [1.82, 2.24) is 0 Å². The summed E-state index contributed by atoms with van der Waals surface area (Å²) in [5.41, 5.74) is 1.20. The van der Waals surface area contributed by atoms with Gasteiger partial charge >= 0.3 is 0 Å². The Morgan fingerprint density at radius 2 is 1.87 bits per heavy atom. The molecule has 0 fully saturated rings. The third-order valence-corrected chi connectivity index (χ3v) is 3.21. The van der Waals surface area contributed by atoms with E-state index < -0.39 is 10.1 Å². The number of benzene rings is 1. The SMILES string of the molecule is CC(CCCS(=O)(=O)O)c1ccccc1. The minimum absolute atomic E-state index is 0.149.